The molecule has 1 aromatic carbocycles. The zero-order valence-electron chi connectivity index (χ0n) is 13.0. The van der Waals surface area contributed by atoms with Gasteiger partial charge in [-0.05, 0) is 30.2 Å². The molecule has 24 heavy (non-hydrogen) atoms. The quantitative estimate of drug-likeness (QED) is 0.741. The maximum Gasteiger partial charge on any atom is 0.251 e. The molecular weight excluding hydrogens is 315 g/mol. The van der Waals surface area contributed by atoms with Crippen molar-refractivity contribution in [1.29, 1.82) is 0 Å². The Hall–Kier alpha value is -3.10. The van der Waals surface area contributed by atoms with Crippen molar-refractivity contribution in [3.8, 4) is 11.6 Å². The highest BCUT2D eigenvalue weighted by molar-refractivity contribution is 5.94. The number of aromatic nitrogens is 5. The lowest BCUT2D eigenvalue weighted by Crippen LogP contribution is -2.32. The molecule has 3 aromatic rings. The van der Waals surface area contributed by atoms with E-state index in [1.165, 1.54) is 30.6 Å². The predicted molar refractivity (Wildman–Crippen MR) is 81.1 cm³/mol. The third-order valence-electron chi connectivity index (χ3n) is 3.39. The van der Waals surface area contributed by atoms with Crippen LogP contribution in [0.5, 0.6) is 0 Å². The molecule has 0 aliphatic rings. The van der Waals surface area contributed by atoms with Gasteiger partial charge in [-0.15, -0.1) is 0 Å². The van der Waals surface area contributed by atoms with Gasteiger partial charge < -0.3 is 9.84 Å². The number of amides is 1. The second-order valence-corrected chi connectivity index (χ2v) is 5.49. The Bertz CT molecular complexity index is 813. The first kappa shape index (κ1) is 15.8. The first-order valence-corrected chi connectivity index (χ1v) is 7.30. The van der Waals surface area contributed by atoms with Gasteiger partial charge >= 0.3 is 0 Å². The minimum atomic E-state index is -0.494. The van der Waals surface area contributed by atoms with E-state index in [1.807, 2.05) is 13.8 Å². The minimum absolute atomic E-state index is 0.00238. The molecule has 8 nitrogen and oxygen atoms in total. The molecule has 2 heterocycles. The molecule has 124 valence electrons. The van der Waals surface area contributed by atoms with E-state index in [2.05, 4.69) is 30.6 Å². The highest BCUT2D eigenvalue weighted by atomic mass is 19.1. The van der Waals surface area contributed by atoms with Gasteiger partial charge in [0.15, 0.2) is 5.82 Å². The van der Waals surface area contributed by atoms with Crippen LogP contribution in [0.4, 0.5) is 4.39 Å². The normalized spacial score (nSPS) is 12.3. The highest BCUT2D eigenvalue weighted by Gasteiger charge is 2.25. The van der Waals surface area contributed by atoms with Crippen LogP contribution in [-0.2, 0) is 0 Å². The maximum absolute atomic E-state index is 13.0. The van der Waals surface area contributed by atoms with Crippen LogP contribution in [0.3, 0.4) is 0 Å². The van der Waals surface area contributed by atoms with Crippen LogP contribution >= 0.6 is 0 Å². The molecule has 0 bridgehead atoms. The number of H-pyrrole nitrogens is 1. The number of carbonyl (C=O) groups excluding carboxylic acids is 1. The number of hydrogen-bond donors (Lipinski definition) is 2. The van der Waals surface area contributed by atoms with E-state index in [0.29, 0.717) is 11.4 Å². The van der Waals surface area contributed by atoms with Crippen molar-refractivity contribution in [2.75, 3.05) is 0 Å². The van der Waals surface area contributed by atoms with Gasteiger partial charge in [-0.2, -0.15) is 10.1 Å². The van der Waals surface area contributed by atoms with Gasteiger partial charge in [-0.1, -0.05) is 19.0 Å². The molecule has 0 spiro atoms. The standard InChI is InChI=1S/C15H15FN6O2/c1-8(2)11(19-14(23)9-3-5-10(16)6-4-9)15-20-13(22-24-15)12-17-7-18-21-12/h3-8,11H,1-2H3,(H,19,23)(H,17,18,21)/t11-/m0/s1. The summed E-state index contributed by atoms with van der Waals surface area (Å²) in [5.41, 5.74) is 0.344. The zero-order chi connectivity index (χ0) is 17.1. The van der Waals surface area contributed by atoms with E-state index in [9.17, 15) is 9.18 Å². The fourth-order valence-electron chi connectivity index (χ4n) is 2.11. The van der Waals surface area contributed by atoms with Crippen LogP contribution in [0, 0.1) is 11.7 Å². The third-order valence-corrected chi connectivity index (χ3v) is 3.39. The summed E-state index contributed by atoms with van der Waals surface area (Å²) in [6, 6.07) is 4.79. The van der Waals surface area contributed by atoms with Gasteiger partial charge in [-0.25, -0.2) is 9.37 Å². The first-order valence-electron chi connectivity index (χ1n) is 7.30. The van der Waals surface area contributed by atoms with Gasteiger partial charge in [0.25, 0.3) is 5.91 Å². The van der Waals surface area contributed by atoms with Crippen LogP contribution in [0.1, 0.15) is 36.1 Å². The minimum Gasteiger partial charge on any atom is -0.340 e. The molecule has 0 radical (unpaired) electrons. The lowest BCUT2D eigenvalue weighted by molar-refractivity contribution is 0.0914. The van der Waals surface area contributed by atoms with Gasteiger partial charge in [-0.3, -0.25) is 9.89 Å². The number of aromatic amines is 1. The number of hydrogen-bond acceptors (Lipinski definition) is 6. The summed E-state index contributed by atoms with van der Waals surface area (Å²) >= 11 is 0. The van der Waals surface area contributed by atoms with Crippen molar-refractivity contribution in [1.82, 2.24) is 30.6 Å². The van der Waals surface area contributed by atoms with E-state index in [4.69, 9.17) is 4.52 Å². The van der Waals surface area contributed by atoms with Gasteiger partial charge in [0, 0.05) is 5.56 Å². The molecule has 0 saturated carbocycles. The lowest BCUT2D eigenvalue weighted by Gasteiger charge is -2.18. The number of halogens is 1. The molecule has 9 heteroatoms. The Morgan fingerprint density at radius 1 is 1.29 bits per heavy atom. The van der Waals surface area contributed by atoms with Crippen LogP contribution in [0.25, 0.3) is 11.6 Å². The van der Waals surface area contributed by atoms with E-state index in [0.717, 1.165) is 0 Å². The van der Waals surface area contributed by atoms with Crippen molar-refractivity contribution in [3.05, 3.63) is 47.9 Å². The smallest absolute Gasteiger partial charge is 0.251 e. The van der Waals surface area contributed by atoms with Crippen LogP contribution in [0.15, 0.2) is 35.1 Å². The number of carbonyl (C=O) groups is 1. The van der Waals surface area contributed by atoms with E-state index < -0.39 is 11.9 Å². The van der Waals surface area contributed by atoms with Crippen LogP contribution in [0.2, 0.25) is 0 Å². The highest BCUT2D eigenvalue weighted by Crippen LogP contribution is 2.22. The Morgan fingerprint density at radius 3 is 2.67 bits per heavy atom. The van der Waals surface area contributed by atoms with Gasteiger partial charge in [0.05, 0.1) is 0 Å². The average molecular weight is 330 g/mol. The molecule has 1 amide bonds. The Balaban J connectivity index is 1.80. The molecular formula is C15H15FN6O2. The fourth-order valence-corrected chi connectivity index (χ4v) is 2.11. The molecule has 1 atom stereocenters. The third kappa shape index (κ3) is 3.29. The van der Waals surface area contributed by atoms with Crippen molar-refractivity contribution in [3.63, 3.8) is 0 Å². The van der Waals surface area contributed by atoms with Gasteiger partial charge in [0.2, 0.25) is 11.7 Å². The number of rotatable bonds is 5. The number of nitrogens with zero attached hydrogens (tertiary/aromatic N) is 4. The summed E-state index contributed by atoms with van der Waals surface area (Å²) < 4.78 is 18.2. The fraction of sp³-hybridized carbons (Fsp3) is 0.267. The molecule has 2 aromatic heterocycles. The SMILES string of the molecule is CC(C)[C@H](NC(=O)c1ccc(F)cc1)c1nc(-c2ncn[nH]2)no1. The number of benzene rings is 1. The largest absolute Gasteiger partial charge is 0.340 e. The second-order valence-electron chi connectivity index (χ2n) is 5.49. The topological polar surface area (TPSA) is 110 Å². The molecule has 3 rings (SSSR count). The summed E-state index contributed by atoms with van der Waals surface area (Å²) in [5, 5.41) is 13.0. The van der Waals surface area contributed by atoms with E-state index in [-0.39, 0.29) is 23.5 Å². The van der Waals surface area contributed by atoms with Crippen molar-refractivity contribution in [2.45, 2.75) is 19.9 Å². The van der Waals surface area contributed by atoms with E-state index >= 15 is 0 Å². The Labute approximate surface area is 136 Å². The maximum atomic E-state index is 13.0. The predicted octanol–water partition coefficient (Wildman–Crippen LogP) is 2.12. The first-order chi connectivity index (χ1) is 11.5. The lowest BCUT2D eigenvalue weighted by atomic mass is 10.0. The molecule has 2 N–H and O–H groups in total. The summed E-state index contributed by atoms with van der Waals surface area (Å²) in [4.78, 5) is 20.5. The Morgan fingerprint density at radius 2 is 2.04 bits per heavy atom. The van der Waals surface area contributed by atoms with Crippen molar-refractivity contribution in [2.24, 2.45) is 5.92 Å². The summed E-state index contributed by atoms with van der Waals surface area (Å²) in [6.45, 7) is 3.82. The average Bonchev–Trinajstić information content (AvgIpc) is 3.23. The monoisotopic (exact) mass is 330 g/mol. The Kier molecular flexibility index (Phi) is 4.32. The van der Waals surface area contributed by atoms with Crippen molar-refractivity contribution >= 4 is 5.91 Å². The molecule has 0 aliphatic heterocycles. The molecule has 0 aliphatic carbocycles. The van der Waals surface area contributed by atoms with E-state index in [1.54, 1.807) is 0 Å². The summed E-state index contributed by atoms with van der Waals surface area (Å²) in [5.74, 6) is 0.125. The van der Waals surface area contributed by atoms with Crippen LogP contribution in [-0.4, -0.2) is 31.2 Å². The zero-order valence-corrected chi connectivity index (χ0v) is 13.0. The molecule has 0 fully saturated rings. The molecule has 0 saturated heterocycles. The van der Waals surface area contributed by atoms with Crippen LogP contribution < -0.4 is 5.32 Å². The van der Waals surface area contributed by atoms with Crippen molar-refractivity contribution < 1.29 is 13.7 Å². The summed E-state index contributed by atoms with van der Waals surface area (Å²) in [7, 11) is 0. The summed E-state index contributed by atoms with van der Waals surface area (Å²) in [6.07, 6.45) is 1.33. The number of nitrogens with one attached hydrogen (secondary N) is 2. The van der Waals surface area contributed by atoms with Gasteiger partial charge in [0.1, 0.15) is 18.2 Å². The molecule has 0 unspecified atom stereocenters. The second kappa shape index (κ2) is 6.57.